The van der Waals surface area contributed by atoms with Gasteiger partial charge in [-0.05, 0) is 32.5 Å². The summed E-state index contributed by atoms with van der Waals surface area (Å²) in [5, 5.41) is 0. The van der Waals surface area contributed by atoms with E-state index in [1.54, 1.807) is 0 Å². The normalized spacial score (nSPS) is 19.1. The molecule has 1 nitrogen and oxygen atoms in total. The third kappa shape index (κ3) is 6.48. The number of likely N-dealkylation sites (tertiary alicyclic amines) is 1. The first-order valence-electron chi connectivity index (χ1n) is 5.10. The van der Waals surface area contributed by atoms with Crippen molar-refractivity contribution in [1.82, 2.24) is 4.90 Å². The van der Waals surface area contributed by atoms with Crippen molar-refractivity contribution >= 4 is 6.98 Å². The molecule has 6 heteroatoms. The first-order valence-corrected chi connectivity index (χ1v) is 5.10. The van der Waals surface area contributed by atoms with Crippen molar-refractivity contribution in [3.63, 3.8) is 0 Å². The molecule has 0 radical (unpaired) electrons. The van der Waals surface area contributed by atoms with Crippen molar-refractivity contribution in [1.29, 1.82) is 0 Å². The predicted octanol–water partition coefficient (Wildman–Crippen LogP) is -0.191. The zero-order chi connectivity index (χ0) is 10.6. The fraction of sp³-hybridized carbons (Fsp3) is 0.778. The summed E-state index contributed by atoms with van der Waals surface area (Å²) in [5.41, 5.74) is -0.563. The first kappa shape index (κ1) is 16.2. The minimum atomic E-state index is -4.85. The molecule has 82 valence electrons. The minimum absolute atomic E-state index is 0. The van der Waals surface area contributed by atoms with E-state index in [0.29, 0.717) is 0 Å². The Kier molecular flexibility index (Phi) is 8.10. The average molecular weight is 245 g/mol. The zero-order valence-corrected chi connectivity index (χ0v) is 12.4. The predicted molar refractivity (Wildman–Crippen MR) is 53.1 cm³/mol. The van der Waals surface area contributed by atoms with Crippen LogP contribution in [0.25, 0.3) is 0 Å². The van der Waals surface area contributed by atoms with Crippen LogP contribution in [-0.4, -0.2) is 31.5 Å². The largest absolute Gasteiger partial charge is 1.00 e. The Morgan fingerprint density at radius 1 is 1.07 bits per heavy atom. The summed E-state index contributed by atoms with van der Waals surface area (Å²) in [5.74, 6) is 0. The third-order valence-corrected chi connectivity index (χ3v) is 2.59. The molecule has 1 aliphatic heterocycles. The van der Waals surface area contributed by atoms with Gasteiger partial charge in [0.15, 0.2) is 0 Å². The molecule has 0 spiro atoms. The van der Waals surface area contributed by atoms with Gasteiger partial charge in [-0.15, -0.1) is 12.1 Å². The van der Waals surface area contributed by atoms with Gasteiger partial charge in [0.1, 0.15) is 0 Å². The van der Waals surface area contributed by atoms with Crippen LogP contribution in [0.15, 0.2) is 12.1 Å². The van der Waals surface area contributed by atoms with Gasteiger partial charge >= 0.3 is 58.4 Å². The van der Waals surface area contributed by atoms with E-state index in [1.807, 2.05) is 4.90 Å². The summed E-state index contributed by atoms with van der Waals surface area (Å²) in [6.45, 7) is -0.164. The summed E-state index contributed by atoms with van der Waals surface area (Å²) in [6, 6.07) is 0. The number of hydrogen-bond acceptors (Lipinski definition) is 1. The van der Waals surface area contributed by atoms with E-state index in [4.69, 9.17) is 0 Å². The van der Waals surface area contributed by atoms with Crippen LogP contribution in [0.4, 0.5) is 12.9 Å². The van der Waals surface area contributed by atoms with Gasteiger partial charge in [0.05, 0.1) is 0 Å². The van der Waals surface area contributed by atoms with Crippen molar-refractivity contribution < 1.29 is 64.3 Å². The van der Waals surface area contributed by atoms with Crippen LogP contribution in [0.5, 0.6) is 0 Å². The molecule has 15 heavy (non-hydrogen) atoms. The fourth-order valence-electron chi connectivity index (χ4n) is 1.69. The topological polar surface area (TPSA) is 3.24 Å². The van der Waals surface area contributed by atoms with E-state index < -0.39 is 12.4 Å². The third-order valence-electron chi connectivity index (χ3n) is 2.59. The molecule has 1 saturated heterocycles. The summed E-state index contributed by atoms with van der Waals surface area (Å²) < 4.78 is 36.7. The van der Waals surface area contributed by atoms with Gasteiger partial charge in [-0.25, -0.2) is 0 Å². The maximum absolute atomic E-state index is 12.2. The molecule has 1 fully saturated rings. The van der Waals surface area contributed by atoms with Crippen molar-refractivity contribution in [3.8, 4) is 0 Å². The number of hydrogen-bond donors (Lipinski definition) is 0. The van der Waals surface area contributed by atoms with Crippen molar-refractivity contribution in [3.05, 3.63) is 12.1 Å². The Balaban J connectivity index is 0.00000196. The Morgan fingerprint density at radius 2 is 1.53 bits per heavy atom. The van der Waals surface area contributed by atoms with Crippen LogP contribution in [0.3, 0.4) is 0 Å². The number of nitrogens with zero attached hydrogens (tertiary/aromatic N) is 1. The van der Waals surface area contributed by atoms with Crippen LogP contribution < -0.4 is 51.4 Å². The molecule has 0 amide bonds. The molecular formula is C9H16BF3KN. The number of halogens is 3. The molecule has 0 aromatic heterocycles. The van der Waals surface area contributed by atoms with E-state index >= 15 is 0 Å². The van der Waals surface area contributed by atoms with Crippen LogP contribution in [0.2, 0.25) is 0 Å². The van der Waals surface area contributed by atoms with Crippen LogP contribution >= 0.6 is 0 Å². The van der Waals surface area contributed by atoms with Crippen LogP contribution in [-0.2, 0) is 0 Å². The van der Waals surface area contributed by atoms with Gasteiger partial charge in [0, 0.05) is 0 Å². The summed E-state index contributed by atoms with van der Waals surface area (Å²) in [6.07, 6.45) is 4.30. The van der Waals surface area contributed by atoms with Crippen molar-refractivity contribution in [2.24, 2.45) is 0 Å². The first-order chi connectivity index (χ1) is 6.50. The molecule has 0 aliphatic carbocycles. The molecule has 0 bridgehead atoms. The minimum Gasteiger partial charge on any atom is -0.445 e. The molecule has 0 saturated carbocycles. The molecule has 0 atom stereocenters. The molecule has 0 aromatic carbocycles. The van der Waals surface area contributed by atoms with Gasteiger partial charge in [-0.2, -0.15) is 0 Å². The fourth-order valence-corrected chi connectivity index (χ4v) is 1.69. The monoisotopic (exact) mass is 245 g/mol. The molecule has 0 N–H and O–H groups in total. The van der Waals surface area contributed by atoms with E-state index in [0.717, 1.165) is 38.8 Å². The average Bonchev–Trinajstić information content (AvgIpc) is 2.31. The van der Waals surface area contributed by atoms with E-state index in [-0.39, 0.29) is 57.9 Å². The Labute approximate surface area is 132 Å². The van der Waals surface area contributed by atoms with Gasteiger partial charge in [0.2, 0.25) is 0 Å². The zero-order valence-electron chi connectivity index (χ0n) is 9.32. The molecule has 1 aliphatic rings. The smallest absolute Gasteiger partial charge is 0.445 e. The van der Waals surface area contributed by atoms with E-state index in [9.17, 15) is 12.9 Å². The summed E-state index contributed by atoms with van der Waals surface area (Å²) in [4.78, 5) is 1.87. The second kappa shape index (κ2) is 7.50. The van der Waals surface area contributed by atoms with E-state index in [1.165, 1.54) is 0 Å². The summed E-state index contributed by atoms with van der Waals surface area (Å²) >= 11 is 0. The molecule has 0 aromatic rings. The van der Waals surface area contributed by atoms with Gasteiger partial charge < -0.3 is 17.8 Å². The molecular weight excluding hydrogens is 229 g/mol. The van der Waals surface area contributed by atoms with Crippen molar-refractivity contribution in [2.75, 3.05) is 19.6 Å². The Hall–Kier alpha value is 1.19. The molecule has 1 rings (SSSR count). The summed E-state index contributed by atoms with van der Waals surface area (Å²) in [7, 11) is 0. The van der Waals surface area contributed by atoms with Gasteiger partial charge in [0.25, 0.3) is 0 Å². The Morgan fingerprint density at radius 3 is 1.93 bits per heavy atom. The molecule has 0 unspecified atom stereocenters. The number of rotatable bonds is 3. The van der Waals surface area contributed by atoms with Crippen molar-refractivity contribution in [2.45, 2.75) is 25.7 Å². The van der Waals surface area contributed by atoms with Gasteiger partial charge in [-0.1, -0.05) is 12.8 Å². The second-order valence-electron chi connectivity index (χ2n) is 3.92. The van der Waals surface area contributed by atoms with Crippen LogP contribution in [0.1, 0.15) is 25.7 Å². The Bertz CT molecular complexity index is 200. The maximum atomic E-state index is 12.2. The second-order valence-corrected chi connectivity index (χ2v) is 3.92. The quantitative estimate of drug-likeness (QED) is 0.623. The van der Waals surface area contributed by atoms with Gasteiger partial charge in [-0.3, -0.25) is 0 Å². The van der Waals surface area contributed by atoms with E-state index in [2.05, 4.69) is 6.58 Å². The molecule has 1 heterocycles. The maximum Gasteiger partial charge on any atom is 1.00 e. The standard InChI is InChI=1S/C9H16BF3N.K/c1-9(10(11,12)13)8-14-6-4-2-3-5-7-14;/h1-8H2;/q-1;+1. The SMILES string of the molecule is C=C(CN1CCCCCC1)[B-](F)(F)F.[K+]. The van der Waals surface area contributed by atoms with Crippen LogP contribution in [0, 0.1) is 0 Å².